The number of hydrogen-bond donors (Lipinski definition) is 2. The molecule has 0 spiro atoms. The molecule has 2 aliphatic rings. The second-order valence-electron chi connectivity index (χ2n) is 7.72. The van der Waals surface area contributed by atoms with Gasteiger partial charge in [-0.3, -0.25) is 4.79 Å². The van der Waals surface area contributed by atoms with E-state index >= 15 is 0 Å². The van der Waals surface area contributed by atoms with Crippen molar-refractivity contribution in [3.63, 3.8) is 0 Å². The van der Waals surface area contributed by atoms with Crippen LogP contribution in [-0.4, -0.2) is 16.4 Å². The molecule has 2 rings (SSSR count). The molecule has 0 aromatic carbocycles. The highest BCUT2D eigenvalue weighted by atomic mass is 32.1. The first-order valence-corrected chi connectivity index (χ1v) is 8.83. The Balaban J connectivity index is 2.07. The van der Waals surface area contributed by atoms with E-state index in [2.05, 4.69) is 26.1 Å². The summed E-state index contributed by atoms with van der Waals surface area (Å²) in [5, 5.41) is 3.27. The maximum absolute atomic E-state index is 12.8. The van der Waals surface area contributed by atoms with Gasteiger partial charge >= 0.3 is 0 Å². The van der Waals surface area contributed by atoms with E-state index in [-0.39, 0.29) is 17.2 Å². The minimum absolute atomic E-state index is 0.0993. The van der Waals surface area contributed by atoms with Crippen LogP contribution in [-0.2, 0) is 4.79 Å². The Morgan fingerprint density at radius 2 is 1.86 bits per heavy atom. The number of thiocarbonyl (C=S) groups is 1. The van der Waals surface area contributed by atoms with Crippen molar-refractivity contribution in [2.24, 2.45) is 23.0 Å². The molecule has 0 radical (unpaired) electrons. The summed E-state index contributed by atoms with van der Waals surface area (Å²) in [5.74, 6) is 1.03. The second-order valence-corrected chi connectivity index (χ2v) is 8.16. The number of rotatable bonds is 4. The van der Waals surface area contributed by atoms with Gasteiger partial charge in [-0.15, -0.1) is 0 Å². The molecule has 3 N–H and O–H groups in total. The molecule has 2 saturated carbocycles. The molecule has 1 amide bonds. The summed E-state index contributed by atoms with van der Waals surface area (Å²) in [6, 6.07) is 0. The Morgan fingerprint density at radius 3 is 2.29 bits per heavy atom. The molecule has 120 valence electrons. The van der Waals surface area contributed by atoms with E-state index in [0.29, 0.717) is 4.99 Å². The van der Waals surface area contributed by atoms with Crippen LogP contribution in [0, 0.1) is 17.3 Å². The van der Waals surface area contributed by atoms with Crippen molar-refractivity contribution in [2.75, 3.05) is 0 Å². The fourth-order valence-electron chi connectivity index (χ4n) is 4.15. The lowest BCUT2D eigenvalue weighted by atomic mass is 9.74. The van der Waals surface area contributed by atoms with Gasteiger partial charge in [0, 0.05) is 5.92 Å². The fraction of sp³-hybridized carbons (Fsp3) is 0.882. The lowest BCUT2D eigenvalue weighted by Crippen LogP contribution is -2.60. The summed E-state index contributed by atoms with van der Waals surface area (Å²) in [7, 11) is 0. The molecule has 2 fully saturated rings. The van der Waals surface area contributed by atoms with Gasteiger partial charge in [0.2, 0.25) is 5.91 Å². The fourth-order valence-corrected chi connectivity index (χ4v) is 4.40. The van der Waals surface area contributed by atoms with Crippen LogP contribution in [0.4, 0.5) is 0 Å². The minimum Gasteiger partial charge on any atom is -0.391 e. The zero-order chi connectivity index (χ0) is 15.7. The largest absolute Gasteiger partial charge is 0.391 e. The van der Waals surface area contributed by atoms with E-state index in [4.69, 9.17) is 18.0 Å². The number of hydrogen-bond acceptors (Lipinski definition) is 2. The third kappa shape index (κ3) is 3.41. The molecule has 3 nitrogen and oxygen atoms in total. The number of amides is 1. The van der Waals surface area contributed by atoms with Gasteiger partial charge in [0.05, 0.1) is 10.5 Å². The molecule has 0 aromatic rings. The number of nitrogens with two attached hydrogens (primary N) is 1. The van der Waals surface area contributed by atoms with Crippen molar-refractivity contribution in [1.82, 2.24) is 5.32 Å². The molecule has 1 atom stereocenters. The predicted molar refractivity (Wildman–Crippen MR) is 91.0 cm³/mol. The van der Waals surface area contributed by atoms with Crippen molar-refractivity contribution < 1.29 is 4.79 Å². The zero-order valence-corrected chi connectivity index (χ0v) is 14.5. The Bertz CT molecular complexity index is 411. The van der Waals surface area contributed by atoms with Crippen LogP contribution in [0.1, 0.15) is 72.1 Å². The van der Waals surface area contributed by atoms with Crippen molar-refractivity contribution >= 4 is 23.1 Å². The van der Waals surface area contributed by atoms with Gasteiger partial charge < -0.3 is 11.1 Å². The molecule has 1 unspecified atom stereocenters. The summed E-state index contributed by atoms with van der Waals surface area (Å²) in [5.41, 5.74) is 5.69. The third-order valence-corrected chi connectivity index (χ3v) is 6.33. The van der Waals surface area contributed by atoms with Gasteiger partial charge in [0.15, 0.2) is 0 Å². The maximum Gasteiger partial charge on any atom is 0.224 e. The van der Waals surface area contributed by atoms with Gasteiger partial charge in [0.1, 0.15) is 0 Å². The molecule has 0 bridgehead atoms. The Kier molecular flexibility index (Phi) is 4.96. The van der Waals surface area contributed by atoms with Gasteiger partial charge in [-0.1, -0.05) is 45.8 Å². The van der Waals surface area contributed by atoms with E-state index < -0.39 is 5.54 Å². The SMILES string of the molecule is CCC1CCC(NC(=O)C2CCCC2(C)C)(C(N)=S)CC1. The highest BCUT2D eigenvalue weighted by Gasteiger charge is 2.44. The first-order chi connectivity index (χ1) is 9.81. The van der Waals surface area contributed by atoms with E-state index in [1.54, 1.807) is 0 Å². The highest BCUT2D eigenvalue weighted by Crippen LogP contribution is 2.43. The Labute approximate surface area is 134 Å². The molecule has 0 aliphatic heterocycles. The van der Waals surface area contributed by atoms with Crippen molar-refractivity contribution in [3.05, 3.63) is 0 Å². The van der Waals surface area contributed by atoms with E-state index in [1.807, 2.05) is 0 Å². The quantitative estimate of drug-likeness (QED) is 0.781. The summed E-state index contributed by atoms with van der Waals surface area (Å²) in [4.78, 5) is 13.2. The zero-order valence-electron chi connectivity index (χ0n) is 13.7. The van der Waals surface area contributed by atoms with Gasteiger partial charge in [0.25, 0.3) is 0 Å². The molecule has 0 heterocycles. The summed E-state index contributed by atoms with van der Waals surface area (Å²) in [6.07, 6.45) is 8.50. The predicted octanol–water partition coefficient (Wildman–Crippen LogP) is 3.55. The molecule has 2 aliphatic carbocycles. The van der Waals surface area contributed by atoms with Gasteiger partial charge in [-0.2, -0.15) is 0 Å². The summed E-state index contributed by atoms with van der Waals surface area (Å²) < 4.78 is 0. The molecular weight excluding hydrogens is 280 g/mol. The van der Waals surface area contributed by atoms with Crippen LogP contribution in [0.3, 0.4) is 0 Å². The lowest BCUT2D eigenvalue weighted by molar-refractivity contribution is -0.129. The van der Waals surface area contributed by atoms with E-state index in [1.165, 1.54) is 6.42 Å². The minimum atomic E-state index is -0.434. The maximum atomic E-state index is 12.8. The van der Waals surface area contributed by atoms with Crippen LogP contribution < -0.4 is 11.1 Å². The van der Waals surface area contributed by atoms with Crippen molar-refractivity contribution in [1.29, 1.82) is 0 Å². The van der Waals surface area contributed by atoms with Crippen LogP contribution in [0.15, 0.2) is 0 Å². The topological polar surface area (TPSA) is 55.1 Å². The van der Waals surface area contributed by atoms with E-state index in [9.17, 15) is 4.79 Å². The van der Waals surface area contributed by atoms with Crippen LogP contribution in [0.5, 0.6) is 0 Å². The third-order valence-electron chi connectivity index (χ3n) is 5.94. The first-order valence-electron chi connectivity index (χ1n) is 8.43. The average molecular weight is 311 g/mol. The van der Waals surface area contributed by atoms with Crippen LogP contribution in [0.25, 0.3) is 0 Å². The molecule has 4 heteroatoms. The number of carbonyl (C=O) groups excluding carboxylic acids is 1. The van der Waals surface area contributed by atoms with Crippen LogP contribution in [0.2, 0.25) is 0 Å². The smallest absolute Gasteiger partial charge is 0.224 e. The van der Waals surface area contributed by atoms with Crippen molar-refractivity contribution in [2.45, 2.75) is 77.7 Å². The molecular formula is C17H30N2OS. The molecule has 21 heavy (non-hydrogen) atoms. The highest BCUT2D eigenvalue weighted by molar-refractivity contribution is 7.80. The normalized spacial score (nSPS) is 35.4. The van der Waals surface area contributed by atoms with Crippen molar-refractivity contribution in [3.8, 4) is 0 Å². The van der Waals surface area contributed by atoms with E-state index in [0.717, 1.165) is 50.9 Å². The Morgan fingerprint density at radius 1 is 1.24 bits per heavy atom. The second kappa shape index (κ2) is 6.23. The van der Waals surface area contributed by atoms with Gasteiger partial charge in [-0.25, -0.2) is 0 Å². The molecule has 0 saturated heterocycles. The molecule has 0 aromatic heterocycles. The summed E-state index contributed by atoms with van der Waals surface area (Å²) in [6.45, 7) is 6.63. The first kappa shape index (κ1) is 16.7. The Hall–Kier alpha value is -0.640. The average Bonchev–Trinajstić information content (AvgIpc) is 2.79. The standard InChI is InChI=1S/C17H30N2OS/c1-4-12-7-10-17(11-8-12,15(18)21)19-14(20)13-6-5-9-16(13,2)3/h12-13H,4-11H2,1-3H3,(H2,18,21)(H,19,20). The number of carbonyl (C=O) groups is 1. The van der Waals surface area contributed by atoms with Gasteiger partial charge in [-0.05, 0) is 49.9 Å². The monoisotopic (exact) mass is 310 g/mol. The lowest BCUT2D eigenvalue weighted by Gasteiger charge is -2.41. The van der Waals surface area contributed by atoms with Crippen LogP contribution >= 0.6 is 12.2 Å². The number of nitrogens with one attached hydrogen (secondary N) is 1. The summed E-state index contributed by atoms with van der Waals surface area (Å²) >= 11 is 5.32.